The van der Waals surface area contributed by atoms with Gasteiger partial charge in [0.25, 0.3) is 0 Å². The first-order valence-corrected chi connectivity index (χ1v) is 6.96. The van der Waals surface area contributed by atoms with Crippen LogP contribution in [-0.4, -0.2) is 22.9 Å². The van der Waals surface area contributed by atoms with Gasteiger partial charge >= 0.3 is 0 Å². The summed E-state index contributed by atoms with van der Waals surface area (Å²) in [4.78, 5) is 0. The fourth-order valence-electron chi connectivity index (χ4n) is 2.86. The van der Waals surface area contributed by atoms with Gasteiger partial charge in [0.2, 0.25) is 0 Å². The van der Waals surface area contributed by atoms with E-state index in [1.54, 1.807) is 7.11 Å². The summed E-state index contributed by atoms with van der Waals surface area (Å²) in [7, 11) is 1.65. The smallest absolute Gasteiger partial charge is 0.160 e. The SMILES string of the molecule is CC[C@H](O)[C@@H](OC)n1c2ccccc2c2ccccc21. The Morgan fingerprint density at radius 3 is 1.95 bits per heavy atom. The number of methoxy groups -OCH3 is 1. The van der Waals surface area contributed by atoms with Crippen LogP contribution in [0.5, 0.6) is 0 Å². The van der Waals surface area contributed by atoms with Crippen LogP contribution >= 0.6 is 0 Å². The Kier molecular flexibility index (Phi) is 3.47. The molecule has 20 heavy (non-hydrogen) atoms. The van der Waals surface area contributed by atoms with Crippen molar-refractivity contribution in [3.63, 3.8) is 0 Å². The molecule has 2 aromatic carbocycles. The van der Waals surface area contributed by atoms with Crippen molar-refractivity contribution in [2.24, 2.45) is 0 Å². The maximum atomic E-state index is 10.3. The molecule has 0 aliphatic heterocycles. The zero-order chi connectivity index (χ0) is 14.1. The molecule has 0 saturated carbocycles. The molecule has 2 atom stereocenters. The monoisotopic (exact) mass is 269 g/mol. The zero-order valence-electron chi connectivity index (χ0n) is 11.8. The largest absolute Gasteiger partial charge is 0.388 e. The topological polar surface area (TPSA) is 34.4 Å². The van der Waals surface area contributed by atoms with Crippen LogP contribution in [0.3, 0.4) is 0 Å². The molecule has 0 amide bonds. The van der Waals surface area contributed by atoms with E-state index in [1.165, 1.54) is 10.8 Å². The van der Waals surface area contributed by atoms with Crippen LogP contribution < -0.4 is 0 Å². The molecule has 3 aromatic rings. The van der Waals surface area contributed by atoms with E-state index in [2.05, 4.69) is 28.8 Å². The second-order valence-corrected chi connectivity index (χ2v) is 5.01. The Balaban J connectivity index is 2.36. The first kappa shape index (κ1) is 13.2. The van der Waals surface area contributed by atoms with Crippen molar-refractivity contribution in [3.8, 4) is 0 Å². The van der Waals surface area contributed by atoms with Crippen molar-refractivity contribution in [3.05, 3.63) is 48.5 Å². The highest BCUT2D eigenvalue weighted by Gasteiger charge is 2.23. The second-order valence-electron chi connectivity index (χ2n) is 5.01. The molecule has 104 valence electrons. The molecule has 3 rings (SSSR count). The van der Waals surface area contributed by atoms with Gasteiger partial charge in [0, 0.05) is 17.9 Å². The predicted octanol–water partition coefficient (Wildman–Crippen LogP) is 3.71. The number of fused-ring (bicyclic) bond motifs is 3. The van der Waals surface area contributed by atoms with Gasteiger partial charge in [-0.1, -0.05) is 43.3 Å². The van der Waals surface area contributed by atoms with Crippen molar-refractivity contribution < 1.29 is 9.84 Å². The molecule has 0 spiro atoms. The van der Waals surface area contributed by atoms with E-state index in [4.69, 9.17) is 4.74 Å². The summed E-state index contributed by atoms with van der Waals surface area (Å²) in [6.07, 6.45) is -0.247. The number of aliphatic hydroxyl groups excluding tert-OH is 1. The minimum Gasteiger partial charge on any atom is -0.388 e. The van der Waals surface area contributed by atoms with Gasteiger partial charge < -0.3 is 14.4 Å². The highest BCUT2D eigenvalue weighted by molar-refractivity contribution is 6.08. The number of hydrogen-bond acceptors (Lipinski definition) is 2. The molecule has 1 aromatic heterocycles. The minimum absolute atomic E-state index is 0.371. The van der Waals surface area contributed by atoms with Crippen LogP contribution in [-0.2, 0) is 4.74 Å². The average molecular weight is 269 g/mol. The molecule has 0 bridgehead atoms. The number of benzene rings is 2. The van der Waals surface area contributed by atoms with Gasteiger partial charge in [-0.05, 0) is 18.6 Å². The molecule has 0 aliphatic rings. The molecule has 3 heteroatoms. The van der Waals surface area contributed by atoms with Gasteiger partial charge in [0.15, 0.2) is 6.23 Å². The molecular formula is C17H19NO2. The van der Waals surface area contributed by atoms with Crippen molar-refractivity contribution in [1.29, 1.82) is 0 Å². The molecule has 0 unspecified atom stereocenters. The molecule has 0 fully saturated rings. The molecule has 3 nitrogen and oxygen atoms in total. The van der Waals surface area contributed by atoms with Gasteiger partial charge in [0.1, 0.15) is 0 Å². The highest BCUT2D eigenvalue weighted by Crippen LogP contribution is 2.33. The van der Waals surface area contributed by atoms with Crippen LogP contribution in [0, 0.1) is 0 Å². The molecule has 1 heterocycles. The number of aliphatic hydroxyl groups is 1. The van der Waals surface area contributed by atoms with Crippen molar-refractivity contribution in [1.82, 2.24) is 4.57 Å². The summed E-state index contributed by atoms with van der Waals surface area (Å²) in [6, 6.07) is 16.5. The third-order valence-corrected chi connectivity index (χ3v) is 3.86. The van der Waals surface area contributed by atoms with E-state index < -0.39 is 6.10 Å². The molecule has 0 saturated heterocycles. The Bertz CT molecular complexity index is 679. The molecule has 0 radical (unpaired) electrons. The fourth-order valence-corrected chi connectivity index (χ4v) is 2.86. The van der Waals surface area contributed by atoms with Gasteiger partial charge in [-0.25, -0.2) is 0 Å². The van der Waals surface area contributed by atoms with E-state index in [0.29, 0.717) is 6.42 Å². The van der Waals surface area contributed by atoms with Gasteiger partial charge in [-0.15, -0.1) is 0 Å². The third kappa shape index (κ3) is 1.90. The lowest BCUT2D eigenvalue weighted by atomic mass is 10.2. The number of aromatic nitrogens is 1. The fraction of sp³-hybridized carbons (Fsp3) is 0.294. The Morgan fingerprint density at radius 1 is 1.00 bits per heavy atom. The van der Waals surface area contributed by atoms with Crippen LogP contribution in [0.4, 0.5) is 0 Å². The van der Waals surface area contributed by atoms with Crippen molar-refractivity contribution >= 4 is 21.8 Å². The average Bonchev–Trinajstić information content (AvgIpc) is 2.83. The lowest BCUT2D eigenvalue weighted by Crippen LogP contribution is -2.25. The summed E-state index contributed by atoms with van der Waals surface area (Å²) in [6.45, 7) is 1.96. The Hall–Kier alpha value is -1.84. The van der Waals surface area contributed by atoms with E-state index >= 15 is 0 Å². The van der Waals surface area contributed by atoms with Crippen LogP contribution in [0.1, 0.15) is 19.6 Å². The van der Waals surface area contributed by atoms with Crippen molar-refractivity contribution in [2.45, 2.75) is 25.7 Å². The van der Waals surface area contributed by atoms with Gasteiger partial charge in [0.05, 0.1) is 17.1 Å². The van der Waals surface area contributed by atoms with E-state index in [0.717, 1.165) is 11.0 Å². The van der Waals surface area contributed by atoms with Crippen molar-refractivity contribution in [2.75, 3.05) is 7.11 Å². The summed E-state index contributed by atoms with van der Waals surface area (Å²) >= 11 is 0. The predicted molar refractivity (Wildman–Crippen MR) is 81.8 cm³/mol. The normalized spacial score (nSPS) is 14.8. The number of nitrogens with zero attached hydrogens (tertiary/aromatic N) is 1. The Labute approximate surface area is 118 Å². The molecule has 1 N–H and O–H groups in total. The first-order valence-electron chi connectivity index (χ1n) is 6.96. The lowest BCUT2D eigenvalue weighted by Gasteiger charge is -2.24. The van der Waals surface area contributed by atoms with E-state index in [-0.39, 0.29) is 6.23 Å². The number of ether oxygens (including phenoxy) is 1. The number of para-hydroxylation sites is 2. The van der Waals surface area contributed by atoms with Gasteiger partial charge in [-0.2, -0.15) is 0 Å². The molecular weight excluding hydrogens is 250 g/mol. The first-order chi connectivity index (χ1) is 9.77. The van der Waals surface area contributed by atoms with E-state index in [1.807, 2.05) is 31.2 Å². The van der Waals surface area contributed by atoms with E-state index in [9.17, 15) is 5.11 Å². The quantitative estimate of drug-likeness (QED) is 0.783. The zero-order valence-corrected chi connectivity index (χ0v) is 11.8. The highest BCUT2D eigenvalue weighted by atomic mass is 16.5. The van der Waals surface area contributed by atoms with Crippen LogP contribution in [0.25, 0.3) is 21.8 Å². The number of hydrogen-bond donors (Lipinski definition) is 1. The lowest BCUT2D eigenvalue weighted by molar-refractivity contribution is -0.0542. The summed E-state index contributed by atoms with van der Waals surface area (Å²) < 4.78 is 7.67. The van der Waals surface area contributed by atoms with Crippen LogP contribution in [0.2, 0.25) is 0 Å². The second kappa shape index (κ2) is 5.27. The Morgan fingerprint density at radius 2 is 1.50 bits per heavy atom. The standard InChI is InChI=1S/C17H19NO2/c1-3-16(19)17(20-2)18-14-10-6-4-8-12(14)13-9-5-7-11-15(13)18/h4-11,16-17,19H,3H2,1-2H3/t16-,17+/m0/s1. The third-order valence-electron chi connectivity index (χ3n) is 3.86. The maximum Gasteiger partial charge on any atom is 0.160 e. The van der Waals surface area contributed by atoms with Crippen LogP contribution in [0.15, 0.2) is 48.5 Å². The summed E-state index contributed by atoms with van der Waals surface area (Å²) in [5, 5.41) is 12.6. The number of rotatable bonds is 4. The minimum atomic E-state index is -0.529. The van der Waals surface area contributed by atoms with Gasteiger partial charge in [-0.3, -0.25) is 0 Å². The summed E-state index contributed by atoms with van der Waals surface area (Å²) in [5.74, 6) is 0. The summed E-state index contributed by atoms with van der Waals surface area (Å²) in [5.41, 5.74) is 2.18. The molecule has 0 aliphatic carbocycles. The maximum absolute atomic E-state index is 10.3.